The van der Waals surface area contributed by atoms with Gasteiger partial charge in [-0.05, 0) is 129 Å². The lowest BCUT2D eigenvalue weighted by atomic mass is 9.70. The van der Waals surface area contributed by atoms with E-state index in [0.717, 1.165) is 34.1 Å². The minimum absolute atomic E-state index is 0.576. The summed E-state index contributed by atoms with van der Waals surface area (Å²) in [5, 5.41) is 2.49. The maximum absolute atomic E-state index is 2.51. The van der Waals surface area contributed by atoms with E-state index in [1.165, 1.54) is 77.4 Å². The molecule has 306 valence electrons. The number of rotatable bonds is 7. The second-order valence-electron chi connectivity index (χ2n) is 17.3. The molecule has 2 aliphatic carbocycles. The Labute approximate surface area is 379 Å². The van der Waals surface area contributed by atoms with Crippen molar-refractivity contribution < 1.29 is 0 Å². The van der Waals surface area contributed by atoms with Crippen molar-refractivity contribution in [3.8, 4) is 33.4 Å². The summed E-state index contributed by atoms with van der Waals surface area (Å²) >= 11 is 0. The molecule has 13 rings (SSSR count). The van der Waals surface area contributed by atoms with Crippen molar-refractivity contribution in [1.82, 2.24) is 4.57 Å². The number of fused-ring (bicyclic) bond motifs is 13. The number of aromatic nitrogens is 1. The predicted molar refractivity (Wildman–Crippen MR) is 272 cm³/mol. The quantitative estimate of drug-likeness (QED) is 0.159. The Kier molecular flexibility index (Phi) is 8.34. The summed E-state index contributed by atoms with van der Waals surface area (Å²) in [4.78, 5) is 4.88. The molecule has 0 N–H and O–H groups in total. The zero-order chi connectivity index (χ0) is 43.1. The van der Waals surface area contributed by atoms with Gasteiger partial charge in [-0.15, -0.1) is 0 Å². The summed E-state index contributed by atoms with van der Waals surface area (Å²) in [6, 6.07) is 89.5. The largest absolute Gasteiger partial charge is 0.344 e. The van der Waals surface area contributed by atoms with Crippen molar-refractivity contribution in [3.05, 3.63) is 265 Å². The van der Waals surface area contributed by atoms with E-state index in [0.29, 0.717) is 0 Å². The van der Waals surface area contributed by atoms with E-state index < -0.39 is 5.41 Å². The maximum Gasteiger partial charge on any atom is 0.0727 e. The SMILES string of the molecule is Cn1c2ccccc2c2cc(N(c3ccc4c(c3)C3(c5ccccc5-c5ccc(N(c6ccccc6)c6ccccc6)cc53)c3ccccc3-4)c3ccccc3-c3ccccc3)ccc21. The minimum Gasteiger partial charge on any atom is -0.344 e. The van der Waals surface area contributed by atoms with Gasteiger partial charge in [0.05, 0.1) is 11.1 Å². The summed E-state index contributed by atoms with van der Waals surface area (Å²) in [6.07, 6.45) is 0. The number of anilines is 6. The van der Waals surface area contributed by atoms with Crippen LogP contribution in [0, 0.1) is 0 Å². The van der Waals surface area contributed by atoms with Crippen LogP contribution in [-0.4, -0.2) is 4.57 Å². The summed E-state index contributed by atoms with van der Waals surface area (Å²) < 4.78 is 2.31. The molecular formula is C62H43N3. The van der Waals surface area contributed by atoms with Gasteiger partial charge in [0.15, 0.2) is 0 Å². The zero-order valence-corrected chi connectivity index (χ0v) is 35.9. The lowest BCUT2D eigenvalue weighted by Gasteiger charge is -2.33. The van der Waals surface area contributed by atoms with Crippen LogP contribution in [0.15, 0.2) is 243 Å². The fourth-order valence-electron chi connectivity index (χ4n) is 11.2. The molecule has 1 heterocycles. The van der Waals surface area contributed by atoms with Gasteiger partial charge < -0.3 is 14.4 Å². The molecule has 0 saturated heterocycles. The first-order valence-electron chi connectivity index (χ1n) is 22.5. The molecule has 2 aliphatic rings. The Bertz CT molecular complexity index is 3570. The molecule has 0 fully saturated rings. The molecule has 0 amide bonds. The number of benzene rings is 10. The van der Waals surface area contributed by atoms with Crippen molar-refractivity contribution >= 4 is 55.9 Å². The molecule has 65 heavy (non-hydrogen) atoms. The molecule has 1 atom stereocenters. The van der Waals surface area contributed by atoms with Crippen LogP contribution in [0.2, 0.25) is 0 Å². The van der Waals surface area contributed by atoms with Gasteiger partial charge in [0.1, 0.15) is 0 Å². The highest BCUT2D eigenvalue weighted by atomic mass is 15.2. The van der Waals surface area contributed by atoms with Crippen molar-refractivity contribution in [1.29, 1.82) is 0 Å². The second-order valence-corrected chi connectivity index (χ2v) is 17.3. The molecule has 0 radical (unpaired) electrons. The van der Waals surface area contributed by atoms with Crippen LogP contribution in [-0.2, 0) is 12.5 Å². The Balaban J connectivity index is 1.09. The fraction of sp³-hybridized carbons (Fsp3) is 0.0323. The van der Waals surface area contributed by atoms with Gasteiger partial charge in [0.25, 0.3) is 0 Å². The molecule has 0 aliphatic heterocycles. The minimum atomic E-state index is -0.576. The van der Waals surface area contributed by atoms with Crippen molar-refractivity contribution in [2.45, 2.75) is 5.41 Å². The molecule has 0 saturated carbocycles. The van der Waals surface area contributed by atoms with Gasteiger partial charge in [-0.3, -0.25) is 0 Å². The third-order valence-electron chi connectivity index (χ3n) is 14.0. The highest BCUT2D eigenvalue weighted by Gasteiger charge is 2.52. The number of para-hydroxylation sites is 4. The summed E-state index contributed by atoms with van der Waals surface area (Å²) in [7, 11) is 2.17. The van der Waals surface area contributed by atoms with Crippen LogP contribution in [0.4, 0.5) is 34.1 Å². The molecule has 10 aromatic carbocycles. The van der Waals surface area contributed by atoms with Crippen molar-refractivity contribution in [2.24, 2.45) is 7.05 Å². The molecular weight excluding hydrogens is 787 g/mol. The zero-order valence-electron chi connectivity index (χ0n) is 35.9. The lowest BCUT2D eigenvalue weighted by molar-refractivity contribution is 0.793. The predicted octanol–water partition coefficient (Wildman–Crippen LogP) is 16.3. The number of hydrogen-bond donors (Lipinski definition) is 0. The summed E-state index contributed by atoms with van der Waals surface area (Å²) in [5.74, 6) is 0. The van der Waals surface area contributed by atoms with E-state index in [9.17, 15) is 0 Å². The van der Waals surface area contributed by atoms with Gasteiger partial charge in [-0.1, -0.05) is 164 Å². The highest BCUT2D eigenvalue weighted by molar-refractivity contribution is 6.10. The Morgan fingerprint density at radius 3 is 1.38 bits per heavy atom. The van der Waals surface area contributed by atoms with Crippen molar-refractivity contribution in [2.75, 3.05) is 9.80 Å². The van der Waals surface area contributed by atoms with E-state index in [1.807, 2.05) is 0 Å². The van der Waals surface area contributed by atoms with Gasteiger partial charge in [0, 0.05) is 62.9 Å². The molecule has 0 bridgehead atoms. The monoisotopic (exact) mass is 829 g/mol. The molecule has 3 nitrogen and oxygen atoms in total. The first-order valence-corrected chi connectivity index (χ1v) is 22.5. The smallest absolute Gasteiger partial charge is 0.0727 e. The van der Waals surface area contributed by atoms with Gasteiger partial charge in [-0.2, -0.15) is 0 Å². The van der Waals surface area contributed by atoms with Gasteiger partial charge in [-0.25, -0.2) is 0 Å². The standard InChI is InChI=1S/C62H43N3/c1-63-59-31-17-14-28-53(59)54-39-45(35-38-60(54)63)65(61-32-18-13-25-48(61)42-19-5-2-6-20-42)47-34-37-52-50-27-12-16-30-56(50)62(58(52)41-47)55-29-15-11-26-49(55)51-36-33-46(40-57(51)62)64(43-21-7-3-8-22-43)44-23-9-4-10-24-44/h2-41H,1H3. The third-order valence-corrected chi connectivity index (χ3v) is 14.0. The Morgan fingerprint density at radius 1 is 0.308 bits per heavy atom. The van der Waals surface area contributed by atoms with Crippen LogP contribution >= 0.6 is 0 Å². The average Bonchev–Trinajstić information content (AvgIpc) is 3.95. The molecule has 3 heteroatoms. The molecule has 1 unspecified atom stereocenters. The van der Waals surface area contributed by atoms with Crippen molar-refractivity contribution in [3.63, 3.8) is 0 Å². The van der Waals surface area contributed by atoms with Crippen LogP contribution in [0.1, 0.15) is 22.3 Å². The maximum atomic E-state index is 2.51. The van der Waals surface area contributed by atoms with Crippen LogP contribution in [0.3, 0.4) is 0 Å². The normalized spacial score (nSPS) is 14.3. The van der Waals surface area contributed by atoms with Crippen LogP contribution in [0.25, 0.3) is 55.2 Å². The topological polar surface area (TPSA) is 11.4 Å². The Hall–Kier alpha value is -8.40. The van der Waals surface area contributed by atoms with E-state index in [4.69, 9.17) is 0 Å². The second kappa shape index (κ2) is 14.6. The van der Waals surface area contributed by atoms with Gasteiger partial charge in [0.2, 0.25) is 0 Å². The third kappa shape index (κ3) is 5.49. The van der Waals surface area contributed by atoms with Crippen LogP contribution < -0.4 is 9.80 Å². The van der Waals surface area contributed by atoms with Gasteiger partial charge >= 0.3 is 0 Å². The van der Waals surface area contributed by atoms with E-state index in [2.05, 4.69) is 264 Å². The average molecular weight is 830 g/mol. The molecule has 1 aromatic heterocycles. The highest BCUT2D eigenvalue weighted by Crippen LogP contribution is 2.64. The molecule has 1 spiro atoms. The van der Waals surface area contributed by atoms with E-state index >= 15 is 0 Å². The number of nitrogens with zero attached hydrogens (tertiary/aromatic N) is 3. The van der Waals surface area contributed by atoms with Crippen LogP contribution in [0.5, 0.6) is 0 Å². The summed E-state index contributed by atoms with van der Waals surface area (Å²) in [5.41, 5.74) is 21.2. The van der Waals surface area contributed by atoms with E-state index in [1.54, 1.807) is 0 Å². The Morgan fingerprint density at radius 2 is 0.754 bits per heavy atom. The number of hydrogen-bond acceptors (Lipinski definition) is 2. The fourth-order valence-corrected chi connectivity index (χ4v) is 11.2. The van der Waals surface area contributed by atoms with E-state index in [-0.39, 0.29) is 0 Å². The summed E-state index contributed by atoms with van der Waals surface area (Å²) in [6.45, 7) is 0. The first kappa shape index (κ1) is 37.2. The number of aryl methyl sites for hydroxylation is 1. The lowest BCUT2D eigenvalue weighted by Crippen LogP contribution is -2.26. The first-order chi connectivity index (χ1) is 32.2. The molecule has 11 aromatic rings.